The molecule has 1 amide bonds. The van der Waals surface area contributed by atoms with E-state index in [4.69, 9.17) is 0 Å². The molecule has 2 heterocycles. The van der Waals surface area contributed by atoms with Crippen LogP contribution in [0.3, 0.4) is 0 Å². The van der Waals surface area contributed by atoms with Crippen LogP contribution in [0.15, 0.2) is 41.4 Å². The zero-order valence-electron chi connectivity index (χ0n) is 17.2. The fourth-order valence-corrected chi connectivity index (χ4v) is 4.64. The van der Waals surface area contributed by atoms with Gasteiger partial charge < -0.3 is 10.2 Å². The van der Waals surface area contributed by atoms with Gasteiger partial charge in [0.25, 0.3) is 10.0 Å². The minimum atomic E-state index is -3.92. The smallest absolute Gasteiger partial charge is 0.262 e. The van der Waals surface area contributed by atoms with Crippen LogP contribution in [0.25, 0.3) is 0 Å². The maximum atomic E-state index is 13.5. The number of aryl methyl sites for hydroxylation is 1. The molecule has 2 aromatic rings. The van der Waals surface area contributed by atoms with Gasteiger partial charge in [-0.25, -0.2) is 17.8 Å². The highest BCUT2D eigenvalue weighted by Crippen LogP contribution is 2.30. The minimum Gasteiger partial charge on any atom is -0.356 e. The Bertz CT molecular complexity index is 1010. The van der Waals surface area contributed by atoms with E-state index in [1.165, 1.54) is 19.1 Å². The summed E-state index contributed by atoms with van der Waals surface area (Å²) < 4.78 is 41.8. The van der Waals surface area contributed by atoms with E-state index in [0.29, 0.717) is 31.1 Å². The number of halogens is 1. The van der Waals surface area contributed by atoms with Gasteiger partial charge in [-0.1, -0.05) is 6.92 Å². The molecule has 0 aliphatic carbocycles. The minimum absolute atomic E-state index is 0.0152. The Morgan fingerprint density at radius 3 is 2.87 bits per heavy atom. The molecule has 0 saturated carbocycles. The summed E-state index contributed by atoms with van der Waals surface area (Å²) in [6, 6.07) is 6.94. The number of amides is 1. The Labute approximate surface area is 176 Å². The number of carbonyl (C=O) groups is 1. The van der Waals surface area contributed by atoms with Gasteiger partial charge in [0, 0.05) is 25.8 Å². The highest BCUT2D eigenvalue weighted by molar-refractivity contribution is 7.92. The number of hydrogen-bond donors (Lipinski definition) is 2. The maximum absolute atomic E-state index is 13.5. The first kappa shape index (κ1) is 22.0. The summed E-state index contributed by atoms with van der Waals surface area (Å²) in [5.74, 6) is -0.137. The molecule has 0 spiro atoms. The summed E-state index contributed by atoms with van der Waals surface area (Å²) in [4.78, 5) is 18.7. The van der Waals surface area contributed by atoms with Gasteiger partial charge >= 0.3 is 0 Å². The van der Waals surface area contributed by atoms with Crippen molar-refractivity contribution in [3.8, 4) is 0 Å². The molecular formula is C21H27FN4O3S. The maximum Gasteiger partial charge on any atom is 0.262 e. The lowest BCUT2D eigenvalue weighted by Gasteiger charge is -2.33. The molecule has 162 valence electrons. The fourth-order valence-electron chi connectivity index (χ4n) is 3.49. The number of pyridine rings is 1. The first-order chi connectivity index (χ1) is 14.3. The number of rotatable bonds is 7. The van der Waals surface area contributed by atoms with Crippen LogP contribution in [0.1, 0.15) is 31.7 Å². The molecule has 0 bridgehead atoms. The van der Waals surface area contributed by atoms with Crippen molar-refractivity contribution in [1.82, 2.24) is 10.3 Å². The second-order valence-corrected chi connectivity index (χ2v) is 9.15. The summed E-state index contributed by atoms with van der Waals surface area (Å²) in [6.07, 6.45) is 4.06. The van der Waals surface area contributed by atoms with Crippen LogP contribution < -0.4 is 14.9 Å². The lowest BCUT2D eigenvalue weighted by atomic mass is 9.97. The number of nitrogens with one attached hydrogen (secondary N) is 2. The van der Waals surface area contributed by atoms with Crippen molar-refractivity contribution in [1.29, 1.82) is 0 Å². The van der Waals surface area contributed by atoms with E-state index in [1.807, 2.05) is 11.8 Å². The molecule has 1 unspecified atom stereocenters. The van der Waals surface area contributed by atoms with Crippen molar-refractivity contribution in [2.75, 3.05) is 29.3 Å². The van der Waals surface area contributed by atoms with Crippen LogP contribution >= 0.6 is 0 Å². The summed E-state index contributed by atoms with van der Waals surface area (Å²) in [5.41, 5.74) is 0.579. The van der Waals surface area contributed by atoms with Crippen LogP contribution in [0.5, 0.6) is 0 Å². The van der Waals surface area contributed by atoms with Gasteiger partial charge in [0.15, 0.2) is 5.82 Å². The molecule has 1 aliphatic heterocycles. The predicted octanol–water partition coefficient (Wildman–Crippen LogP) is 3.07. The molecule has 1 atom stereocenters. The van der Waals surface area contributed by atoms with Crippen LogP contribution in [0, 0.1) is 18.7 Å². The number of carbonyl (C=O) groups excluding carboxylic acids is 1. The Hall–Kier alpha value is -2.68. The van der Waals surface area contributed by atoms with Crippen LogP contribution in [-0.2, 0) is 14.8 Å². The quantitative estimate of drug-likeness (QED) is 0.699. The predicted molar refractivity (Wildman–Crippen MR) is 114 cm³/mol. The van der Waals surface area contributed by atoms with Gasteiger partial charge in [-0.3, -0.25) is 9.52 Å². The van der Waals surface area contributed by atoms with Crippen molar-refractivity contribution in [2.24, 2.45) is 5.92 Å². The second-order valence-electron chi connectivity index (χ2n) is 7.47. The summed E-state index contributed by atoms with van der Waals surface area (Å²) in [7, 11) is -3.92. The van der Waals surface area contributed by atoms with Gasteiger partial charge in [-0.05, 0) is 62.1 Å². The molecule has 2 N–H and O–H groups in total. The topological polar surface area (TPSA) is 91.4 Å². The van der Waals surface area contributed by atoms with Crippen LogP contribution in [0.4, 0.5) is 15.9 Å². The number of anilines is 2. The Morgan fingerprint density at radius 2 is 2.13 bits per heavy atom. The molecule has 30 heavy (non-hydrogen) atoms. The molecule has 9 heteroatoms. The van der Waals surface area contributed by atoms with Gasteiger partial charge in [-0.15, -0.1) is 0 Å². The molecule has 1 saturated heterocycles. The molecule has 0 radical (unpaired) electrons. The number of sulfonamides is 1. The lowest BCUT2D eigenvalue weighted by molar-refractivity contribution is -0.125. The molecule has 1 aromatic heterocycles. The van der Waals surface area contributed by atoms with E-state index >= 15 is 0 Å². The first-order valence-electron chi connectivity index (χ1n) is 10.1. The third kappa shape index (κ3) is 5.08. The average molecular weight is 435 g/mol. The normalized spacial score (nSPS) is 16.9. The summed E-state index contributed by atoms with van der Waals surface area (Å²) in [5, 5.41) is 2.93. The van der Waals surface area contributed by atoms with Gasteiger partial charge in [0.05, 0.1) is 16.5 Å². The Balaban J connectivity index is 1.82. The van der Waals surface area contributed by atoms with Crippen LogP contribution in [-0.4, -0.2) is 38.9 Å². The van der Waals surface area contributed by atoms with Gasteiger partial charge in [0.1, 0.15) is 5.82 Å². The molecule has 1 aliphatic rings. The first-order valence-corrected chi connectivity index (χ1v) is 11.6. The van der Waals surface area contributed by atoms with Crippen molar-refractivity contribution >= 4 is 27.4 Å². The number of nitrogens with zero attached hydrogens (tertiary/aromatic N) is 2. The van der Waals surface area contributed by atoms with Gasteiger partial charge in [0.2, 0.25) is 5.91 Å². The van der Waals surface area contributed by atoms with Crippen molar-refractivity contribution in [2.45, 2.75) is 38.0 Å². The second kappa shape index (κ2) is 9.42. The summed E-state index contributed by atoms with van der Waals surface area (Å²) in [6.45, 7) is 5.31. The third-order valence-electron chi connectivity index (χ3n) is 5.11. The molecule has 7 nitrogen and oxygen atoms in total. The summed E-state index contributed by atoms with van der Waals surface area (Å²) >= 11 is 0. The lowest BCUT2D eigenvalue weighted by Crippen LogP contribution is -2.43. The van der Waals surface area contributed by atoms with E-state index in [0.717, 1.165) is 25.3 Å². The van der Waals surface area contributed by atoms with Gasteiger partial charge in [-0.2, -0.15) is 0 Å². The zero-order valence-corrected chi connectivity index (χ0v) is 18.0. The molecule has 3 rings (SSSR count). The SMILES string of the molecule is CCCNC(=O)C1CCCN(c2ncccc2NS(=O)(=O)c2ccc(F)c(C)c2)C1. The molecular weight excluding hydrogens is 407 g/mol. The number of hydrogen-bond acceptors (Lipinski definition) is 5. The van der Waals surface area contributed by atoms with E-state index in [1.54, 1.807) is 18.3 Å². The van der Waals surface area contributed by atoms with Crippen molar-refractivity contribution in [3.63, 3.8) is 0 Å². The fraction of sp³-hybridized carbons (Fsp3) is 0.429. The van der Waals surface area contributed by atoms with E-state index in [2.05, 4.69) is 15.0 Å². The van der Waals surface area contributed by atoms with E-state index < -0.39 is 15.8 Å². The van der Waals surface area contributed by atoms with Crippen molar-refractivity contribution < 1.29 is 17.6 Å². The number of aromatic nitrogens is 1. The largest absolute Gasteiger partial charge is 0.356 e. The zero-order chi connectivity index (χ0) is 21.7. The number of benzene rings is 1. The van der Waals surface area contributed by atoms with Crippen LogP contribution in [0.2, 0.25) is 0 Å². The average Bonchev–Trinajstić information content (AvgIpc) is 2.74. The van der Waals surface area contributed by atoms with E-state index in [9.17, 15) is 17.6 Å². The van der Waals surface area contributed by atoms with E-state index in [-0.39, 0.29) is 22.3 Å². The Kier molecular flexibility index (Phi) is 6.91. The standard InChI is InChI=1S/C21H27FN4O3S/c1-3-10-24-21(27)16-6-5-12-26(14-16)20-19(7-4-11-23-20)25-30(28,29)17-8-9-18(22)15(2)13-17/h4,7-9,11,13,16,25H,3,5-6,10,12,14H2,1-2H3,(H,24,27). The monoisotopic (exact) mass is 434 g/mol. The van der Waals surface area contributed by atoms with Crippen molar-refractivity contribution in [3.05, 3.63) is 47.9 Å². The third-order valence-corrected chi connectivity index (χ3v) is 6.47. The number of piperidine rings is 1. The highest BCUT2D eigenvalue weighted by Gasteiger charge is 2.28. The molecule has 1 fully saturated rings. The molecule has 1 aromatic carbocycles. The Morgan fingerprint density at radius 1 is 1.33 bits per heavy atom. The highest BCUT2D eigenvalue weighted by atomic mass is 32.2.